The van der Waals surface area contributed by atoms with E-state index in [1.807, 2.05) is 63.2 Å². The number of benzene rings is 2. The fourth-order valence-corrected chi connectivity index (χ4v) is 2.71. The van der Waals surface area contributed by atoms with Crippen molar-refractivity contribution >= 4 is 11.6 Å². The van der Waals surface area contributed by atoms with Gasteiger partial charge in [-0.2, -0.15) is 0 Å². The smallest absolute Gasteiger partial charge is 0.278 e. The van der Waals surface area contributed by atoms with Crippen LogP contribution in [-0.2, 0) is 11.3 Å². The molecule has 2 aromatic carbocycles. The second kappa shape index (κ2) is 7.49. The van der Waals surface area contributed by atoms with Gasteiger partial charge in [0, 0.05) is 12.8 Å². The Labute approximate surface area is 152 Å². The van der Waals surface area contributed by atoms with Gasteiger partial charge in [0.05, 0.1) is 12.3 Å². The Balaban J connectivity index is 1.95. The number of methoxy groups -OCH3 is 1. The van der Waals surface area contributed by atoms with Gasteiger partial charge in [-0.15, -0.1) is 5.10 Å². The monoisotopic (exact) mass is 350 g/mol. The number of aryl methyl sites for hydroxylation is 2. The Morgan fingerprint density at radius 3 is 2.54 bits per heavy atom. The van der Waals surface area contributed by atoms with Crippen LogP contribution in [-0.4, -0.2) is 28.0 Å². The van der Waals surface area contributed by atoms with E-state index in [0.29, 0.717) is 5.69 Å². The van der Waals surface area contributed by atoms with Gasteiger partial charge >= 0.3 is 0 Å². The van der Waals surface area contributed by atoms with Crippen molar-refractivity contribution in [3.63, 3.8) is 0 Å². The molecule has 6 nitrogen and oxygen atoms in total. The minimum absolute atomic E-state index is 0.233. The lowest BCUT2D eigenvalue weighted by atomic mass is 10.1. The molecule has 0 aliphatic heterocycles. The number of carbonyl (C=O) groups is 1. The standard InChI is InChI=1S/C20H22N4O2/c1-13-8-10-16(11-9-13)24-18(12-26-4)19(22-23-24)20(25)21-17-7-5-6-14(2)15(17)3/h5-11H,12H2,1-4H3,(H,21,25). The van der Waals surface area contributed by atoms with E-state index in [0.717, 1.165) is 28.1 Å². The number of aromatic nitrogens is 3. The molecule has 3 aromatic rings. The van der Waals surface area contributed by atoms with Crippen LogP contribution in [0.5, 0.6) is 0 Å². The number of amides is 1. The second-order valence-corrected chi connectivity index (χ2v) is 6.27. The number of rotatable bonds is 5. The van der Waals surface area contributed by atoms with E-state index in [-0.39, 0.29) is 18.2 Å². The Kier molecular flexibility index (Phi) is 5.14. The van der Waals surface area contributed by atoms with Crippen LogP contribution in [0.3, 0.4) is 0 Å². The van der Waals surface area contributed by atoms with Crippen LogP contribution in [0.1, 0.15) is 32.9 Å². The lowest BCUT2D eigenvalue weighted by Crippen LogP contribution is -2.16. The lowest BCUT2D eigenvalue weighted by Gasteiger charge is -2.11. The van der Waals surface area contributed by atoms with Gasteiger partial charge in [-0.25, -0.2) is 4.68 Å². The highest BCUT2D eigenvalue weighted by molar-refractivity contribution is 6.04. The first-order valence-corrected chi connectivity index (χ1v) is 8.39. The molecule has 0 atom stereocenters. The Bertz CT molecular complexity index is 929. The lowest BCUT2D eigenvalue weighted by molar-refractivity contribution is 0.101. The van der Waals surface area contributed by atoms with Gasteiger partial charge in [-0.3, -0.25) is 4.79 Å². The maximum absolute atomic E-state index is 12.8. The molecule has 1 N–H and O–H groups in total. The summed E-state index contributed by atoms with van der Waals surface area (Å²) in [6.45, 7) is 6.24. The van der Waals surface area contributed by atoms with Gasteiger partial charge in [0.25, 0.3) is 5.91 Å². The van der Waals surface area contributed by atoms with Gasteiger partial charge in [0.15, 0.2) is 5.69 Å². The maximum atomic E-state index is 12.8. The first-order chi connectivity index (χ1) is 12.5. The molecule has 0 unspecified atom stereocenters. The van der Waals surface area contributed by atoms with Crippen molar-refractivity contribution in [1.82, 2.24) is 15.0 Å². The van der Waals surface area contributed by atoms with Gasteiger partial charge in [-0.05, 0) is 50.1 Å². The highest BCUT2D eigenvalue weighted by atomic mass is 16.5. The Morgan fingerprint density at radius 2 is 1.85 bits per heavy atom. The fourth-order valence-electron chi connectivity index (χ4n) is 2.71. The van der Waals surface area contributed by atoms with E-state index in [1.54, 1.807) is 11.8 Å². The molecule has 0 fully saturated rings. The summed E-state index contributed by atoms with van der Waals surface area (Å²) in [4.78, 5) is 12.8. The van der Waals surface area contributed by atoms with E-state index >= 15 is 0 Å². The molecular weight excluding hydrogens is 328 g/mol. The fraction of sp³-hybridized carbons (Fsp3) is 0.250. The largest absolute Gasteiger partial charge is 0.378 e. The van der Waals surface area contributed by atoms with Gasteiger partial charge in [0.2, 0.25) is 0 Å². The van der Waals surface area contributed by atoms with Gasteiger partial charge in [-0.1, -0.05) is 35.0 Å². The third-order valence-electron chi connectivity index (χ3n) is 4.39. The molecule has 0 saturated carbocycles. The summed E-state index contributed by atoms with van der Waals surface area (Å²) in [6.07, 6.45) is 0. The van der Waals surface area contributed by atoms with E-state index in [9.17, 15) is 4.79 Å². The minimum Gasteiger partial charge on any atom is -0.378 e. The summed E-state index contributed by atoms with van der Waals surface area (Å²) in [5.41, 5.74) is 5.76. The van der Waals surface area contributed by atoms with Gasteiger partial charge < -0.3 is 10.1 Å². The molecule has 1 amide bonds. The van der Waals surface area contributed by atoms with Crippen molar-refractivity contribution in [3.05, 3.63) is 70.5 Å². The first kappa shape index (κ1) is 17.8. The quantitative estimate of drug-likeness (QED) is 0.763. The zero-order chi connectivity index (χ0) is 18.7. The van der Waals surface area contributed by atoms with Crippen LogP contribution < -0.4 is 5.32 Å². The minimum atomic E-state index is -0.302. The molecule has 6 heteroatoms. The summed E-state index contributed by atoms with van der Waals surface area (Å²) in [5, 5.41) is 11.2. The molecule has 0 saturated heterocycles. The van der Waals surface area contributed by atoms with Crippen molar-refractivity contribution in [2.75, 3.05) is 12.4 Å². The van der Waals surface area contributed by atoms with Crippen molar-refractivity contribution in [1.29, 1.82) is 0 Å². The normalized spacial score (nSPS) is 10.8. The van der Waals surface area contributed by atoms with Crippen LogP contribution in [0.25, 0.3) is 5.69 Å². The summed E-state index contributed by atoms with van der Waals surface area (Å²) in [5.74, 6) is -0.302. The van der Waals surface area contributed by atoms with Crippen molar-refractivity contribution < 1.29 is 9.53 Å². The Morgan fingerprint density at radius 1 is 1.12 bits per heavy atom. The highest BCUT2D eigenvalue weighted by Crippen LogP contribution is 2.20. The van der Waals surface area contributed by atoms with Crippen LogP contribution >= 0.6 is 0 Å². The number of hydrogen-bond acceptors (Lipinski definition) is 4. The number of nitrogens with one attached hydrogen (secondary N) is 1. The molecule has 0 aliphatic carbocycles. The third kappa shape index (κ3) is 3.50. The van der Waals surface area contributed by atoms with E-state index in [1.165, 1.54) is 0 Å². The van der Waals surface area contributed by atoms with Crippen LogP contribution in [0.4, 0.5) is 5.69 Å². The molecule has 1 heterocycles. The molecule has 0 aliphatic rings. The molecule has 0 radical (unpaired) electrons. The topological polar surface area (TPSA) is 69.0 Å². The maximum Gasteiger partial charge on any atom is 0.278 e. The average molecular weight is 350 g/mol. The SMILES string of the molecule is COCc1c(C(=O)Nc2cccc(C)c2C)nnn1-c1ccc(C)cc1. The van der Waals surface area contributed by atoms with E-state index in [2.05, 4.69) is 15.6 Å². The number of carbonyl (C=O) groups excluding carboxylic acids is 1. The zero-order valence-corrected chi connectivity index (χ0v) is 15.4. The van der Waals surface area contributed by atoms with E-state index < -0.39 is 0 Å². The predicted octanol–water partition coefficient (Wildman–Crippen LogP) is 3.59. The van der Waals surface area contributed by atoms with Crippen LogP contribution in [0.2, 0.25) is 0 Å². The molecular formula is C20H22N4O2. The number of ether oxygens (including phenoxy) is 1. The van der Waals surface area contributed by atoms with Crippen molar-refractivity contribution in [3.8, 4) is 5.69 Å². The average Bonchev–Trinajstić information content (AvgIpc) is 3.04. The number of anilines is 1. The molecule has 0 spiro atoms. The third-order valence-corrected chi connectivity index (χ3v) is 4.39. The van der Waals surface area contributed by atoms with E-state index in [4.69, 9.17) is 4.74 Å². The molecule has 1 aromatic heterocycles. The predicted molar refractivity (Wildman–Crippen MR) is 101 cm³/mol. The highest BCUT2D eigenvalue weighted by Gasteiger charge is 2.21. The van der Waals surface area contributed by atoms with Gasteiger partial charge in [0.1, 0.15) is 5.69 Å². The van der Waals surface area contributed by atoms with Crippen LogP contribution in [0.15, 0.2) is 42.5 Å². The summed E-state index contributed by atoms with van der Waals surface area (Å²) in [7, 11) is 1.58. The molecule has 26 heavy (non-hydrogen) atoms. The molecule has 0 bridgehead atoms. The van der Waals surface area contributed by atoms with Crippen LogP contribution in [0, 0.1) is 20.8 Å². The molecule has 3 rings (SSSR count). The second-order valence-electron chi connectivity index (χ2n) is 6.27. The Hall–Kier alpha value is -2.99. The van der Waals surface area contributed by atoms with Crippen molar-refractivity contribution in [2.24, 2.45) is 0 Å². The zero-order valence-electron chi connectivity index (χ0n) is 15.4. The first-order valence-electron chi connectivity index (χ1n) is 8.39. The molecule has 134 valence electrons. The summed E-state index contributed by atoms with van der Waals surface area (Å²) >= 11 is 0. The summed E-state index contributed by atoms with van der Waals surface area (Å²) in [6, 6.07) is 13.7. The number of hydrogen-bond donors (Lipinski definition) is 1. The summed E-state index contributed by atoms with van der Waals surface area (Å²) < 4.78 is 6.91. The number of nitrogens with zero attached hydrogens (tertiary/aromatic N) is 3. The van der Waals surface area contributed by atoms with Crippen molar-refractivity contribution in [2.45, 2.75) is 27.4 Å².